The third-order valence-corrected chi connectivity index (χ3v) is 4.76. The number of amides is 1. The van der Waals surface area contributed by atoms with Crippen molar-refractivity contribution < 1.29 is 23.0 Å². The van der Waals surface area contributed by atoms with Crippen LogP contribution in [0.1, 0.15) is 22.0 Å². The van der Waals surface area contributed by atoms with Crippen molar-refractivity contribution in [2.24, 2.45) is 12.0 Å². The lowest BCUT2D eigenvalue weighted by Gasteiger charge is -2.21. The third-order valence-electron chi connectivity index (χ3n) is 4.38. The van der Waals surface area contributed by atoms with Crippen LogP contribution in [0.2, 0.25) is 5.02 Å². The first-order chi connectivity index (χ1) is 13.9. The summed E-state index contributed by atoms with van der Waals surface area (Å²) in [4.78, 5) is 18.5. The molecule has 0 unspecified atom stereocenters. The van der Waals surface area contributed by atoms with Gasteiger partial charge in [-0.25, -0.2) is 8.78 Å². The molecule has 1 amide bonds. The number of aryl methyl sites for hydroxylation is 1. The van der Waals surface area contributed by atoms with Crippen LogP contribution in [0.4, 0.5) is 14.6 Å². The van der Waals surface area contributed by atoms with Gasteiger partial charge in [-0.3, -0.25) is 9.48 Å². The van der Waals surface area contributed by atoms with Crippen molar-refractivity contribution >= 4 is 29.2 Å². The summed E-state index contributed by atoms with van der Waals surface area (Å²) in [6.07, 6.45) is 1.34. The van der Waals surface area contributed by atoms with E-state index < -0.39 is 18.6 Å². The lowest BCUT2D eigenvalue weighted by molar-refractivity contribution is 0.0773. The van der Waals surface area contributed by atoms with E-state index in [2.05, 4.69) is 16.7 Å². The van der Waals surface area contributed by atoms with Crippen molar-refractivity contribution in [2.75, 3.05) is 26.9 Å². The van der Waals surface area contributed by atoms with Gasteiger partial charge in [-0.1, -0.05) is 18.2 Å². The fourth-order valence-electron chi connectivity index (χ4n) is 2.83. The molecule has 1 aliphatic rings. The number of hydrogen-bond donors (Lipinski definition) is 0. The van der Waals surface area contributed by atoms with Crippen LogP contribution < -0.4 is 4.74 Å². The van der Waals surface area contributed by atoms with Crippen LogP contribution in [-0.4, -0.2) is 53.4 Å². The van der Waals surface area contributed by atoms with E-state index >= 15 is 0 Å². The maximum atomic E-state index is 14.1. The Labute approximate surface area is 171 Å². The lowest BCUT2D eigenvalue weighted by atomic mass is 10.1. The number of carbonyl (C=O) groups excluding carboxylic acids is 1. The minimum atomic E-state index is -1.30. The Morgan fingerprint density at radius 3 is 2.86 bits per heavy atom. The Morgan fingerprint density at radius 2 is 2.17 bits per heavy atom. The zero-order valence-electron chi connectivity index (χ0n) is 15.9. The quantitative estimate of drug-likeness (QED) is 0.738. The molecule has 1 atom stereocenters. The van der Waals surface area contributed by atoms with E-state index in [9.17, 15) is 13.6 Å². The van der Waals surface area contributed by atoms with Crippen molar-refractivity contribution in [2.45, 2.75) is 6.10 Å². The average molecular weight is 425 g/mol. The highest BCUT2D eigenvalue weighted by atomic mass is 35.5. The summed E-state index contributed by atoms with van der Waals surface area (Å²) in [6, 6.07) is 2.46. The summed E-state index contributed by atoms with van der Waals surface area (Å²) < 4.78 is 40.6. The van der Waals surface area contributed by atoms with E-state index in [0.29, 0.717) is 0 Å². The van der Waals surface area contributed by atoms with Crippen LogP contribution >= 0.6 is 11.6 Å². The van der Waals surface area contributed by atoms with Crippen LogP contribution in [0.3, 0.4) is 0 Å². The molecule has 154 valence electrons. The molecule has 7 nitrogen and oxygen atoms in total. The number of aliphatic imine (C=N–C) groups is 1. The molecule has 10 heteroatoms. The van der Waals surface area contributed by atoms with E-state index in [0.717, 1.165) is 6.07 Å². The van der Waals surface area contributed by atoms with Gasteiger partial charge in [0.05, 0.1) is 23.3 Å². The number of benzene rings is 1. The van der Waals surface area contributed by atoms with E-state index in [4.69, 9.17) is 21.1 Å². The molecule has 1 aromatic carbocycles. The number of halogens is 3. The highest BCUT2D eigenvalue weighted by Gasteiger charge is 2.27. The summed E-state index contributed by atoms with van der Waals surface area (Å²) in [5, 5.41) is 3.75. The summed E-state index contributed by atoms with van der Waals surface area (Å²) in [5.74, 6) is -0.790. The molecule has 2 aromatic rings. The lowest BCUT2D eigenvalue weighted by Crippen LogP contribution is -2.30. The van der Waals surface area contributed by atoms with Crippen molar-refractivity contribution in [1.82, 2.24) is 14.7 Å². The van der Waals surface area contributed by atoms with Crippen LogP contribution in [0.25, 0.3) is 0 Å². The third kappa shape index (κ3) is 4.09. The van der Waals surface area contributed by atoms with Crippen molar-refractivity contribution in [3.63, 3.8) is 0 Å². The largest absolute Gasteiger partial charge is 0.491 e. The number of carbonyl (C=O) groups is 1. The topological polar surface area (TPSA) is 69.0 Å². The van der Waals surface area contributed by atoms with Gasteiger partial charge in [0.1, 0.15) is 30.4 Å². The van der Waals surface area contributed by atoms with Crippen molar-refractivity contribution in [3.05, 3.63) is 53.0 Å². The van der Waals surface area contributed by atoms with Gasteiger partial charge in [-0.15, -0.1) is 0 Å². The van der Waals surface area contributed by atoms with Gasteiger partial charge in [0, 0.05) is 14.1 Å². The maximum Gasteiger partial charge on any atom is 0.259 e. The Kier molecular flexibility index (Phi) is 6.17. The van der Waals surface area contributed by atoms with Gasteiger partial charge in [0.15, 0.2) is 11.9 Å². The van der Waals surface area contributed by atoms with Crippen LogP contribution in [0.5, 0.6) is 5.75 Å². The van der Waals surface area contributed by atoms with Gasteiger partial charge in [-0.2, -0.15) is 10.1 Å². The molecule has 0 bridgehead atoms. The summed E-state index contributed by atoms with van der Waals surface area (Å²) in [6.45, 7) is 2.87. The highest BCUT2D eigenvalue weighted by Crippen LogP contribution is 2.37. The van der Waals surface area contributed by atoms with E-state index in [1.165, 1.54) is 27.9 Å². The first-order valence-corrected chi connectivity index (χ1v) is 9.07. The summed E-state index contributed by atoms with van der Waals surface area (Å²) >= 11 is 6.10. The molecule has 0 saturated heterocycles. The second-order valence-electron chi connectivity index (χ2n) is 6.27. The predicted molar refractivity (Wildman–Crippen MR) is 104 cm³/mol. The monoisotopic (exact) mass is 424 g/mol. The van der Waals surface area contributed by atoms with Crippen LogP contribution in [-0.2, 0) is 11.8 Å². The first kappa shape index (κ1) is 20.8. The van der Waals surface area contributed by atoms with Crippen molar-refractivity contribution in [3.8, 4) is 5.75 Å². The highest BCUT2D eigenvalue weighted by molar-refractivity contribution is 6.31. The molecule has 29 heavy (non-hydrogen) atoms. The predicted octanol–water partition coefficient (Wildman–Crippen LogP) is 3.62. The van der Waals surface area contributed by atoms with Gasteiger partial charge in [0.25, 0.3) is 5.91 Å². The average Bonchev–Trinajstić information content (AvgIpc) is 3.07. The Hall–Kier alpha value is -2.94. The SMILES string of the molecule is C=CC1=Nc2c(cnn2C)C(=O)N(C)CCOc2ccc(F)c(Cl)c2[C@@H](CF)O1. The molecule has 0 fully saturated rings. The molecule has 0 radical (unpaired) electrons. The standard InChI is InChI=1S/C19H19ClF2N4O3/c1-4-15-24-18-11(10-23-26(18)3)19(27)25(2)7-8-28-13-6-5-12(22)17(20)16(13)14(9-21)29-15/h4-6,10,14H,1,7-9H2,2-3H3/t14-/m1/s1. The zero-order chi connectivity index (χ0) is 21.1. The number of aromatic nitrogens is 2. The molecule has 0 N–H and O–H groups in total. The molecule has 0 saturated carbocycles. The molecular formula is C19H19ClF2N4O3. The molecule has 0 spiro atoms. The second kappa shape index (κ2) is 8.60. The zero-order valence-corrected chi connectivity index (χ0v) is 16.6. The fraction of sp³-hybridized carbons (Fsp3) is 0.316. The molecule has 0 aliphatic carbocycles. The van der Waals surface area contributed by atoms with E-state index in [1.807, 2.05) is 0 Å². The minimum Gasteiger partial charge on any atom is -0.491 e. The molecule has 1 aliphatic heterocycles. The smallest absolute Gasteiger partial charge is 0.259 e. The summed E-state index contributed by atoms with van der Waals surface area (Å²) in [7, 11) is 3.20. The molecule has 2 heterocycles. The number of fused-ring (bicyclic) bond motifs is 2. The van der Waals surface area contributed by atoms with E-state index in [-0.39, 0.29) is 52.7 Å². The number of nitrogens with zero attached hydrogens (tertiary/aromatic N) is 4. The van der Waals surface area contributed by atoms with E-state index in [1.54, 1.807) is 14.1 Å². The summed E-state index contributed by atoms with van der Waals surface area (Å²) in [5.41, 5.74) is 0.248. The maximum absolute atomic E-state index is 14.1. The van der Waals surface area contributed by atoms with Crippen LogP contribution in [0.15, 0.2) is 36.0 Å². The normalized spacial score (nSPS) is 17.6. The molecule has 1 aromatic heterocycles. The fourth-order valence-corrected chi connectivity index (χ4v) is 3.10. The van der Waals surface area contributed by atoms with Crippen LogP contribution in [0, 0.1) is 5.82 Å². The van der Waals surface area contributed by atoms with Gasteiger partial charge >= 0.3 is 0 Å². The Bertz CT molecular complexity index is 977. The van der Waals surface area contributed by atoms with Gasteiger partial charge < -0.3 is 14.4 Å². The number of ether oxygens (including phenoxy) is 2. The molecule has 3 rings (SSSR count). The van der Waals surface area contributed by atoms with Gasteiger partial charge in [0.2, 0.25) is 5.90 Å². The second-order valence-corrected chi connectivity index (χ2v) is 6.65. The number of likely N-dealkylation sites (N-methyl/N-ethyl adjacent to an activating group) is 1. The Morgan fingerprint density at radius 1 is 1.41 bits per heavy atom. The first-order valence-electron chi connectivity index (χ1n) is 8.69. The van der Waals surface area contributed by atoms with Crippen molar-refractivity contribution in [1.29, 1.82) is 0 Å². The van der Waals surface area contributed by atoms with Gasteiger partial charge in [-0.05, 0) is 18.2 Å². The number of alkyl halides is 1. The Balaban J connectivity index is 2.16. The number of rotatable bonds is 2. The minimum absolute atomic E-state index is 0.0159. The molecular weight excluding hydrogens is 406 g/mol. The number of hydrogen-bond acceptors (Lipinski definition) is 5.